The van der Waals surface area contributed by atoms with Gasteiger partial charge in [0.25, 0.3) is 0 Å². The van der Waals surface area contributed by atoms with Gasteiger partial charge in [-0.05, 0) is 66.5 Å². The molecule has 2 atom stereocenters. The van der Waals surface area contributed by atoms with Crippen LogP contribution in [0.5, 0.6) is 5.75 Å². The molecule has 2 aliphatic carbocycles. The quantitative estimate of drug-likeness (QED) is 0.358. The van der Waals surface area contributed by atoms with E-state index in [2.05, 4.69) is 65.8 Å². The van der Waals surface area contributed by atoms with Gasteiger partial charge >= 0.3 is 0 Å². The Morgan fingerprint density at radius 3 is 2.17 bits per heavy atom. The first-order valence-electron chi connectivity index (χ1n) is 12.6. The molecule has 2 aliphatic rings. The van der Waals surface area contributed by atoms with E-state index in [0.29, 0.717) is 11.3 Å². The average Bonchev–Trinajstić information content (AvgIpc) is 3.44. The molecule has 0 aliphatic heterocycles. The van der Waals surface area contributed by atoms with Crippen LogP contribution in [0.3, 0.4) is 0 Å². The molecule has 0 N–H and O–H groups in total. The fraction of sp³-hybridized carbons (Fsp3) is 0.786. The number of rotatable bonds is 10. The van der Waals surface area contributed by atoms with Gasteiger partial charge in [-0.3, -0.25) is 0 Å². The van der Waals surface area contributed by atoms with Crippen LogP contribution in [0.1, 0.15) is 111 Å². The molecule has 1 aromatic carbocycles. The van der Waals surface area contributed by atoms with Gasteiger partial charge in [0.2, 0.25) is 6.29 Å². The Morgan fingerprint density at radius 2 is 1.63 bits per heavy atom. The fourth-order valence-corrected chi connectivity index (χ4v) is 5.02. The summed E-state index contributed by atoms with van der Waals surface area (Å²) >= 11 is 0. The molecule has 0 amide bonds. The van der Waals surface area contributed by atoms with Crippen molar-refractivity contribution in [3.05, 3.63) is 29.8 Å². The summed E-state index contributed by atoms with van der Waals surface area (Å²) in [6, 6.07) is 8.93. The lowest BCUT2D eigenvalue weighted by Crippen LogP contribution is -2.35. The van der Waals surface area contributed by atoms with Gasteiger partial charge in [0.15, 0.2) is 0 Å². The molecule has 2 nitrogen and oxygen atoms in total. The minimum absolute atomic E-state index is 0.0487. The van der Waals surface area contributed by atoms with Gasteiger partial charge in [0.1, 0.15) is 5.75 Å². The van der Waals surface area contributed by atoms with E-state index in [1.54, 1.807) is 0 Å². The molecule has 1 aromatic rings. The van der Waals surface area contributed by atoms with Crippen molar-refractivity contribution in [2.24, 2.45) is 22.7 Å². The Hall–Kier alpha value is -1.02. The Labute approximate surface area is 186 Å². The SMILES string of the molecule is CC(C)CC(c1ccc(OC(OCCC2CCCCC2)C(C)(C)C)cc1)C1(C)CC1. The lowest BCUT2D eigenvalue weighted by molar-refractivity contribution is -0.143. The van der Waals surface area contributed by atoms with E-state index in [9.17, 15) is 0 Å². The molecule has 2 fully saturated rings. The van der Waals surface area contributed by atoms with Crippen molar-refractivity contribution >= 4 is 0 Å². The molecule has 0 aromatic heterocycles. The maximum atomic E-state index is 6.36. The Kier molecular flexibility index (Phi) is 7.93. The van der Waals surface area contributed by atoms with Gasteiger partial charge in [0.05, 0.1) is 6.61 Å². The molecular weight excluding hydrogens is 368 g/mol. The summed E-state index contributed by atoms with van der Waals surface area (Å²) in [6.07, 6.45) is 11.9. The molecule has 30 heavy (non-hydrogen) atoms. The van der Waals surface area contributed by atoms with Crippen molar-refractivity contribution in [2.45, 2.75) is 112 Å². The predicted molar refractivity (Wildman–Crippen MR) is 127 cm³/mol. The first-order chi connectivity index (χ1) is 14.2. The van der Waals surface area contributed by atoms with Crippen molar-refractivity contribution in [2.75, 3.05) is 6.61 Å². The second kappa shape index (κ2) is 10.1. The van der Waals surface area contributed by atoms with Crippen LogP contribution in [0.2, 0.25) is 0 Å². The van der Waals surface area contributed by atoms with Crippen LogP contribution in [0, 0.1) is 22.7 Å². The first kappa shape index (κ1) is 23.6. The van der Waals surface area contributed by atoms with Gasteiger partial charge in [-0.15, -0.1) is 0 Å². The molecule has 0 spiro atoms. The van der Waals surface area contributed by atoms with Crippen molar-refractivity contribution < 1.29 is 9.47 Å². The van der Waals surface area contributed by atoms with Gasteiger partial charge in [0, 0.05) is 5.41 Å². The van der Waals surface area contributed by atoms with Gasteiger partial charge in [-0.2, -0.15) is 0 Å². The third-order valence-electron chi connectivity index (χ3n) is 7.34. The van der Waals surface area contributed by atoms with Crippen molar-refractivity contribution in [1.29, 1.82) is 0 Å². The zero-order valence-electron chi connectivity index (χ0n) is 20.5. The summed E-state index contributed by atoms with van der Waals surface area (Å²) in [7, 11) is 0. The van der Waals surface area contributed by atoms with E-state index in [0.717, 1.165) is 24.2 Å². The van der Waals surface area contributed by atoms with Gasteiger partial charge < -0.3 is 9.47 Å². The molecule has 0 heterocycles. The van der Waals surface area contributed by atoms with Crippen molar-refractivity contribution in [3.63, 3.8) is 0 Å². The highest BCUT2D eigenvalue weighted by Gasteiger charge is 2.45. The third-order valence-corrected chi connectivity index (χ3v) is 7.34. The second-order valence-corrected chi connectivity index (χ2v) is 11.9. The lowest BCUT2D eigenvalue weighted by Gasteiger charge is -2.32. The Bertz CT molecular complexity index is 630. The number of hydrogen-bond acceptors (Lipinski definition) is 2. The fourth-order valence-electron chi connectivity index (χ4n) is 5.02. The van der Waals surface area contributed by atoms with E-state index in [4.69, 9.17) is 9.47 Å². The summed E-state index contributed by atoms with van der Waals surface area (Å²) in [4.78, 5) is 0. The molecule has 0 saturated heterocycles. The van der Waals surface area contributed by atoms with Gasteiger partial charge in [-0.25, -0.2) is 0 Å². The topological polar surface area (TPSA) is 18.5 Å². The van der Waals surface area contributed by atoms with Crippen molar-refractivity contribution in [1.82, 2.24) is 0 Å². The summed E-state index contributed by atoms with van der Waals surface area (Å²) in [6.45, 7) is 14.6. The van der Waals surface area contributed by atoms with Crippen LogP contribution in [-0.4, -0.2) is 12.9 Å². The monoisotopic (exact) mass is 414 g/mol. The molecule has 2 saturated carbocycles. The smallest absolute Gasteiger partial charge is 0.204 e. The largest absolute Gasteiger partial charge is 0.464 e. The van der Waals surface area contributed by atoms with E-state index >= 15 is 0 Å². The van der Waals surface area contributed by atoms with Crippen LogP contribution in [0.15, 0.2) is 24.3 Å². The maximum absolute atomic E-state index is 6.36. The highest BCUT2D eigenvalue weighted by molar-refractivity contribution is 5.32. The van der Waals surface area contributed by atoms with E-state index in [1.165, 1.54) is 63.4 Å². The summed E-state index contributed by atoms with van der Waals surface area (Å²) in [5.41, 5.74) is 1.93. The predicted octanol–water partition coefficient (Wildman–Crippen LogP) is 8.35. The minimum atomic E-state index is -0.209. The normalized spacial score (nSPS) is 21.4. The first-order valence-corrected chi connectivity index (χ1v) is 12.6. The summed E-state index contributed by atoms with van der Waals surface area (Å²) in [5, 5.41) is 0. The number of hydrogen-bond donors (Lipinski definition) is 0. The summed E-state index contributed by atoms with van der Waals surface area (Å²) < 4.78 is 12.6. The van der Waals surface area contributed by atoms with Crippen LogP contribution in [-0.2, 0) is 4.74 Å². The molecule has 170 valence electrons. The number of benzene rings is 1. The molecule has 0 radical (unpaired) electrons. The zero-order chi connectivity index (χ0) is 21.8. The molecular formula is C28H46O2. The van der Waals surface area contributed by atoms with Crippen LogP contribution in [0.4, 0.5) is 0 Å². The molecule has 3 rings (SSSR count). The maximum Gasteiger partial charge on any atom is 0.204 e. The van der Waals surface area contributed by atoms with E-state index in [-0.39, 0.29) is 11.7 Å². The zero-order valence-corrected chi connectivity index (χ0v) is 20.5. The minimum Gasteiger partial charge on any atom is -0.464 e. The van der Waals surface area contributed by atoms with Crippen LogP contribution in [0.25, 0.3) is 0 Å². The average molecular weight is 415 g/mol. The highest BCUT2D eigenvalue weighted by Crippen LogP contribution is 2.57. The summed E-state index contributed by atoms with van der Waals surface area (Å²) in [5.74, 6) is 3.17. The van der Waals surface area contributed by atoms with E-state index < -0.39 is 0 Å². The van der Waals surface area contributed by atoms with Crippen LogP contribution < -0.4 is 4.74 Å². The third kappa shape index (κ3) is 6.74. The molecule has 0 bridgehead atoms. The van der Waals surface area contributed by atoms with Crippen LogP contribution >= 0.6 is 0 Å². The Morgan fingerprint density at radius 1 is 1.00 bits per heavy atom. The van der Waals surface area contributed by atoms with E-state index in [1.807, 2.05) is 0 Å². The highest BCUT2D eigenvalue weighted by atomic mass is 16.7. The Balaban J connectivity index is 1.58. The second-order valence-electron chi connectivity index (χ2n) is 11.9. The lowest BCUT2D eigenvalue weighted by atomic mass is 9.79. The molecule has 2 heteroatoms. The number of ether oxygens (including phenoxy) is 2. The van der Waals surface area contributed by atoms with Gasteiger partial charge in [-0.1, -0.05) is 85.8 Å². The molecule has 2 unspecified atom stereocenters. The standard InChI is InChI=1S/C28H46O2/c1-21(2)20-25(28(6)17-18-28)23-12-14-24(15-13-23)30-26(27(3,4)5)29-19-16-22-10-8-7-9-11-22/h12-15,21-22,25-26H,7-11,16-20H2,1-6H3. The van der Waals surface area contributed by atoms with Crippen molar-refractivity contribution in [3.8, 4) is 5.75 Å².